The normalized spacial score (nSPS) is 16.7. The molecule has 0 bridgehead atoms. The first-order chi connectivity index (χ1) is 14.8. The van der Waals surface area contributed by atoms with Gasteiger partial charge in [-0.15, -0.1) is 0 Å². The van der Waals surface area contributed by atoms with Gasteiger partial charge in [0, 0.05) is 24.8 Å². The Bertz CT molecular complexity index is 999. The Balaban J connectivity index is 2.04. The highest BCUT2D eigenvalue weighted by atomic mass is 16.8. The second-order valence-corrected chi connectivity index (χ2v) is 10.0. The van der Waals surface area contributed by atoms with Gasteiger partial charge in [-0.25, -0.2) is 14.3 Å². The third-order valence-corrected chi connectivity index (χ3v) is 4.96. The minimum Gasteiger partial charge on any atom is -0.441 e. The van der Waals surface area contributed by atoms with Crippen LogP contribution in [0.15, 0.2) is 36.4 Å². The Hall–Kier alpha value is -3.16. The highest BCUT2D eigenvalue weighted by Gasteiger charge is 2.35. The monoisotopic (exact) mass is 441 g/mol. The van der Waals surface area contributed by atoms with Gasteiger partial charge in [-0.1, -0.05) is 23.3 Å². The summed E-state index contributed by atoms with van der Waals surface area (Å²) in [7, 11) is 0. The summed E-state index contributed by atoms with van der Waals surface area (Å²) in [6.07, 6.45) is 0.800. The molecular weight excluding hydrogens is 410 g/mol. The number of hydrogen-bond donors (Lipinski definition) is 0. The van der Waals surface area contributed by atoms with Crippen molar-refractivity contribution in [3.8, 4) is 0 Å². The number of hydroxylamine groups is 1. The van der Waals surface area contributed by atoms with E-state index in [0.29, 0.717) is 30.5 Å². The standard InChI is InChI=1S/C24H31N3O5/c1-23(2,3)27-20(15-19(25-27)17-12-13-18(28)14-17)26(22(30)31-24(4,5)6)32-21(29)16-10-8-7-9-11-16/h7-11,15,17H,12-14H2,1-6H3. The van der Waals surface area contributed by atoms with Crippen molar-refractivity contribution in [1.29, 1.82) is 0 Å². The summed E-state index contributed by atoms with van der Waals surface area (Å²) in [6, 6.07) is 10.1. The van der Waals surface area contributed by atoms with Crippen LogP contribution in [0.2, 0.25) is 0 Å². The van der Waals surface area contributed by atoms with Crippen LogP contribution in [0.3, 0.4) is 0 Å². The largest absolute Gasteiger partial charge is 0.450 e. The van der Waals surface area contributed by atoms with E-state index in [0.717, 1.165) is 5.06 Å². The maximum Gasteiger partial charge on any atom is 0.450 e. The molecule has 8 heteroatoms. The zero-order valence-corrected chi connectivity index (χ0v) is 19.5. The van der Waals surface area contributed by atoms with E-state index in [2.05, 4.69) is 0 Å². The van der Waals surface area contributed by atoms with Crippen LogP contribution in [0.4, 0.5) is 10.6 Å². The molecule has 1 heterocycles. The summed E-state index contributed by atoms with van der Waals surface area (Å²) in [5, 5.41) is 5.56. The van der Waals surface area contributed by atoms with Gasteiger partial charge >= 0.3 is 12.1 Å². The summed E-state index contributed by atoms with van der Waals surface area (Å²) in [5.74, 6) is -0.266. The minimum absolute atomic E-state index is 0.0323. The molecule has 32 heavy (non-hydrogen) atoms. The maximum atomic E-state index is 13.1. The van der Waals surface area contributed by atoms with E-state index in [9.17, 15) is 14.4 Å². The molecule has 0 spiro atoms. The van der Waals surface area contributed by atoms with Crippen LogP contribution >= 0.6 is 0 Å². The van der Waals surface area contributed by atoms with Crippen LogP contribution in [0.25, 0.3) is 0 Å². The third-order valence-electron chi connectivity index (χ3n) is 4.96. The van der Waals surface area contributed by atoms with Crippen LogP contribution in [0, 0.1) is 0 Å². The molecular formula is C24H31N3O5. The lowest BCUT2D eigenvalue weighted by Gasteiger charge is -2.29. The average molecular weight is 442 g/mol. The lowest BCUT2D eigenvalue weighted by Crippen LogP contribution is -2.41. The molecule has 1 saturated carbocycles. The quantitative estimate of drug-likeness (QED) is 0.624. The lowest BCUT2D eigenvalue weighted by atomic mass is 10.0. The number of aromatic nitrogens is 2. The van der Waals surface area contributed by atoms with E-state index in [1.165, 1.54) is 0 Å². The third kappa shape index (κ3) is 5.55. The molecule has 1 fully saturated rings. The fourth-order valence-corrected chi connectivity index (χ4v) is 3.48. The second-order valence-electron chi connectivity index (χ2n) is 10.0. The van der Waals surface area contributed by atoms with E-state index < -0.39 is 23.2 Å². The molecule has 1 unspecified atom stereocenters. The molecule has 1 amide bonds. The Morgan fingerprint density at radius 3 is 2.28 bits per heavy atom. The van der Waals surface area contributed by atoms with Crippen molar-refractivity contribution >= 4 is 23.7 Å². The molecule has 8 nitrogen and oxygen atoms in total. The van der Waals surface area contributed by atoms with E-state index >= 15 is 0 Å². The average Bonchev–Trinajstić information content (AvgIpc) is 3.31. The molecule has 0 aliphatic heterocycles. The number of rotatable bonds is 3. The molecule has 0 saturated heterocycles. The van der Waals surface area contributed by atoms with Crippen molar-refractivity contribution in [2.24, 2.45) is 0 Å². The molecule has 1 atom stereocenters. The molecule has 2 aromatic rings. The van der Waals surface area contributed by atoms with Crippen molar-refractivity contribution in [1.82, 2.24) is 9.78 Å². The van der Waals surface area contributed by atoms with Gasteiger partial charge in [0.15, 0.2) is 5.82 Å². The number of ether oxygens (including phenoxy) is 1. The fraction of sp³-hybridized carbons (Fsp3) is 0.500. The first kappa shape index (κ1) is 23.5. The van der Waals surface area contributed by atoms with Gasteiger partial charge < -0.3 is 9.57 Å². The van der Waals surface area contributed by atoms with Crippen LogP contribution in [0.1, 0.15) is 82.8 Å². The number of ketones is 1. The van der Waals surface area contributed by atoms with Crippen LogP contribution in [0.5, 0.6) is 0 Å². The van der Waals surface area contributed by atoms with Gasteiger partial charge in [-0.3, -0.25) is 4.79 Å². The number of hydrogen-bond acceptors (Lipinski definition) is 6. The van der Waals surface area contributed by atoms with Crippen molar-refractivity contribution in [2.45, 2.75) is 77.9 Å². The number of benzene rings is 1. The second kappa shape index (κ2) is 8.76. The summed E-state index contributed by atoms with van der Waals surface area (Å²) in [4.78, 5) is 43.3. The molecule has 0 N–H and O–H groups in total. The van der Waals surface area contributed by atoms with Crippen molar-refractivity contribution in [3.63, 3.8) is 0 Å². The van der Waals surface area contributed by atoms with Crippen LogP contribution in [-0.4, -0.2) is 33.2 Å². The van der Waals surface area contributed by atoms with E-state index in [1.54, 1.807) is 61.9 Å². The smallest absolute Gasteiger partial charge is 0.441 e. The summed E-state index contributed by atoms with van der Waals surface area (Å²) >= 11 is 0. The molecule has 1 aliphatic carbocycles. The van der Waals surface area contributed by atoms with E-state index in [-0.39, 0.29) is 17.5 Å². The van der Waals surface area contributed by atoms with Crippen LogP contribution < -0.4 is 5.06 Å². The Morgan fingerprint density at radius 2 is 1.75 bits per heavy atom. The van der Waals surface area contributed by atoms with Gasteiger partial charge in [-0.2, -0.15) is 5.10 Å². The fourth-order valence-electron chi connectivity index (χ4n) is 3.48. The number of amides is 1. The molecule has 1 aliphatic rings. The number of Topliss-reactive ketones (excluding diaryl/α,β-unsaturated/α-hetero) is 1. The van der Waals surface area contributed by atoms with Gasteiger partial charge in [0.2, 0.25) is 0 Å². The molecule has 3 rings (SSSR count). The Morgan fingerprint density at radius 1 is 1.09 bits per heavy atom. The number of carbonyl (C=O) groups excluding carboxylic acids is 3. The van der Waals surface area contributed by atoms with E-state index in [4.69, 9.17) is 14.7 Å². The van der Waals surface area contributed by atoms with Gasteiger partial charge in [0.05, 0.1) is 16.8 Å². The highest BCUT2D eigenvalue weighted by Crippen LogP contribution is 2.35. The topological polar surface area (TPSA) is 90.7 Å². The molecule has 1 aromatic heterocycles. The van der Waals surface area contributed by atoms with E-state index in [1.807, 2.05) is 20.8 Å². The van der Waals surface area contributed by atoms with Gasteiger partial charge in [0.25, 0.3) is 0 Å². The lowest BCUT2D eigenvalue weighted by molar-refractivity contribution is -0.117. The first-order valence-electron chi connectivity index (χ1n) is 10.8. The highest BCUT2D eigenvalue weighted by molar-refractivity contribution is 5.94. The molecule has 1 aromatic carbocycles. The number of carbonyl (C=O) groups is 3. The minimum atomic E-state index is -0.832. The Kier molecular flexibility index (Phi) is 6.44. The van der Waals surface area contributed by atoms with Crippen molar-refractivity contribution in [2.75, 3.05) is 5.06 Å². The van der Waals surface area contributed by atoms with Crippen molar-refractivity contribution in [3.05, 3.63) is 47.7 Å². The predicted molar refractivity (Wildman–Crippen MR) is 119 cm³/mol. The van der Waals surface area contributed by atoms with Crippen molar-refractivity contribution < 1.29 is 24.0 Å². The maximum absolute atomic E-state index is 13.1. The van der Waals surface area contributed by atoms with Gasteiger partial charge in [-0.05, 0) is 60.1 Å². The Labute approximate surface area is 188 Å². The summed E-state index contributed by atoms with van der Waals surface area (Å²) < 4.78 is 7.16. The van der Waals surface area contributed by atoms with Gasteiger partial charge in [0.1, 0.15) is 11.4 Å². The molecule has 0 radical (unpaired) electrons. The SMILES string of the molecule is CC(C)(C)OC(=O)N(OC(=O)c1ccccc1)c1cc(C2CCC(=O)C2)nn1C(C)(C)C. The number of anilines is 1. The number of nitrogens with zero attached hydrogens (tertiary/aromatic N) is 3. The first-order valence-corrected chi connectivity index (χ1v) is 10.8. The summed E-state index contributed by atoms with van der Waals surface area (Å²) in [5.41, 5.74) is -0.355. The zero-order valence-electron chi connectivity index (χ0n) is 19.5. The molecule has 172 valence electrons. The summed E-state index contributed by atoms with van der Waals surface area (Å²) in [6.45, 7) is 11.0. The zero-order chi connectivity index (χ0) is 23.7. The predicted octanol–water partition coefficient (Wildman–Crippen LogP) is 4.99. The van der Waals surface area contributed by atoms with Crippen LogP contribution in [-0.2, 0) is 19.9 Å².